The van der Waals surface area contributed by atoms with E-state index in [1.807, 2.05) is 6.92 Å². The summed E-state index contributed by atoms with van der Waals surface area (Å²) in [5, 5.41) is 2.75. The Bertz CT molecular complexity index is 500. The number of nitrogen functional groups attached to an aromatic ring is 1. The normalized spacial score (nSPS) is 10.0. The van der Waals surface area contributed by atoms with E-state index in [0.717, 1.165) is 0 Å². The maximum Gasteiger partial charge on any atom is 0.253 e. The van der Waals surface area contributed by atoms with Crippen molar-refractivity contribution >= 4 is 23.2 Å². The monoisotopic (exact) mass is 278 g/mol. The van der Waals surface area contributed by atoms with Gasteiger partial charge in [0.15, 0.2) is 0 Å². The van der Waals surface area contributed by atoms with E-state index in [-0.39, 0.29) is 18.4 Å². The molecule has 0 heterocycles. The fourth-order valence-electron chi connectivity index (χ4n) is 1.74. The van der Waals surface area contributed by atoms with Crippen molar-refractivity contribution in [2.24, 2.45) is 0 Å². The molecule has 0 aliphatic rings. The van der Waals surface area contributed by atoms with Crippen LogP contribution in [0.1, 0.15) is 17.3 Å². The molecule has 1 aromatic rings. The minimum Gasteiger partial charge on any atom is -0.399 e. The van der Waals surface area contributed by atoms with Crippen LogP contribution in [-0.2, 0) is 4.79 Å². The van der Waals surface area contributed by atoms with E-state index in [1.54, 1.807) is 44.2 Å². The van der Waals surface area contributed by atoms with Crippen LogP contribution in [-0.4, -0.2) is 50.9 Å². The molecule has 0 saturated carbocycles. The third-order valence-corrected chi connectivity index (χ3v) is 2.89. The van der Waals surface area contributed by atoms with Crippen molar-refractivity contribution in [1.82, 2.24) is 10.2 Å². The van der Waals surface area contributed by atoms with Crippen LogP contribution in [0.4, 0.5) is 11.4 Å². The van der Waals surface area contributed by atoms with Gasteiger partial charge in [-0.3, -0.25) is 9.59 Å². The highest BCUT2D eigenvalue weighted by Crippen LogP contribution is 2.22. The number of amides is 2. The molecule has 1 rings (SSSR count). The van der Waals surface area contributed by atoms with Gasteiger partial charge in [-0.05, 0) is 25.1 Å². The van der Waals surface area contributed by atoms with Crippen molar-refractivity contribution in [1.29, 1.82) is 0 Å². The topological polar surface area (TPSA) is 78.7 Å². The number of rotatable bonds is 5. The lowest BCUT2D eigenvalue weighted by atomic mass is 10.1. The number of benzene rings is 1. The second kappa shape index (κ2) is 6.79. The fourth-order valence-corrected chi connectivity index (χ4v) is 1.74. The van der Waals surface area contributed by atoms with E-state index in [1.165, 1.54) is 4.90 Å². The Morgan fingerprint density at radius 1 is 1.25 bits per heavy atom. The van der Waals surface area contributed by atoms with Gasteiger partial charge in [0.2, 0.25) is 5.91 Å². The number of nitrogens with one attached hydrogen (secondary N) is 1. The molecule has 6 nitrogen and oxygen atoms in total. The standard InChI is InChI=1S/C14H22N4O2/c1-5-16-14(20)11-7-6-10(15)8-12(11)18(4)9-13(19)17(2)3/h6-8H,5,9,15H2,1-4H3,(H,16,20). The highest BCUT2D eigenvalue weighted by atomic mass is 16.2. The van der Waals surface area contributed by atoms with E-state index in [2.05, 4.69) is 5.32 Å². The summed E-state index contributed by atoms with van der Waals surface area (Å²) in [6.07, 6.45) is 0. The minimum atomic E-state index is -0.174. The van der Waals surface area contributed by atoms with Crippen molar-refractivity contribution < 1.29 is 9.59 Å². The van der Waals surface area contributed by atoms with E-state index in [4.69, 9.17) is 5.73 Å². The lowest BCUT2D eigenvalue weighted by molar-refractivity contribution is -0.127. The molecule has 0 bridgehead atoms. The molecule has 0 aliphatic carbocycles. The van der Waals surface area contributed by atoms with E-state index >= 15 is 0 Å². The number of likely N-dealkylation sites (N-methyl/N-ethyl adjacent to an activating group) is 2. The zero-order chi connectivity index (χ0) is 15.3. The van der Waals surface area contributed by atoms with Crippen LogP contribution in [0.15, 0.2) is 18.2 Å². The van der Waals surface area contributed by atoms with Gasteiger partial charge in [0, 0.05) is 33.4 Å². The molecule has 0 aliphatic heterocycles. The Labute approximate surface area is 119 Å². The Kier molecular flexibility index (Phi) is 5.37. The van der Waals surface area contributed by atoms with Crippen molar-refractivity contribution in [3.05, 3.63) is 23.8 Å². The molecule has 0 fully saturated rings. The predicted molar refractivity (Wildman–Crippen MR) is 80.8 cm³/mol. The summed E-state index contributed by atoms with van der Waals surface area (Å²) in [5.74, 6) is -0.219. The van der Waals surface area contributed by atoms with E-state index in [9.17, 15) is 9.59 Å². The van der Waals surface area contributed by atoms with Crippen molar-refractivity contribution in [3.63, 3.8) is 0 Å². The molecule has 0 spiro atoms. The summed E-state index contributed by atoms with van der Waals surface area (Å²) in [6, 6.07) is 5.05. The number of hydrogen-bond donors (Lipinski definition) is 2. The van der Waals surface area contributed by atoms with Gasteiger partial charge in [-0.25, -0.2) is 0 Å². The maximum absolute atomic E-state index is 12.0. The number of nitrogens with two attached hydrogens (primary N) is 1. The molecule has 110 valence electrons. The Morgan fingerprint density at radius 3 is 2.45 bits per heavy atom. The molecular weight excluding hydrogens is 256 g/mol. The average molecular weight is 278 g/mol. The first kappa shape index (κ1) is 15.8. The molecule has 6 heteroatoms. The Morgan fingerprint density at radius 2 is 1.90 bits per heavy atom. The van der Waals surface area contributed by atoms with Crippen LogP contribution in [0.3, 0.4) is 0 Å². The Balaban J connectivity index is 3.05. The number of nitrogens with zero attached hydrogens (tertiary/aromatic N) is 2. The van der Waals surface area contributed by atoms with Gasteiger partial charge in [0.25, 0.3) is 5.91 Å². The first-order chi connectivity index (χ1) is 9.36. The SMILES string of the molecule is CCNC(=O)c1ccc(N)cc1N(C)CC(=O)N(C)C. The highest BCUT2D eigenvalue weighted by Gasteiger charge is 2.16. The van der Waals surface area contributed by atoms with Gasteiger partial charge in [0.05, 0.1) is 17.8 Å². The molecule has 20 heavy (non-hydrogen) atoms. The van der Waals surface area contributed by atoms with Crippen LogP contribution in [0.2, 0.25) is 0 Å². The molecule has 1 aromatic carbocycles. The second-order valence-electron chi connectivity index (χ2n) is 4.78. The lowest BCUT2D eigenvalue weighted by Crippen LogP contribution is -2.35. The molecule has 0 aromatic heterocycles. The summed E-state index contributed by atoms with van der Waals surface area (Å²) in [4.78, 5) is 27.0. The molecule has 0 unspecified atom stereocenters. The number of hydrogen-bond acceptors (Lipinski definition) is 4. The average Bonchev–Trinajstić information content (AvgIpc) is 2.38. The molecular formula is C14H22N4O2. The van der Waals surface area contributed by atoms with Crippen molar-refractivity contribution in [2.75, 3.05) is 44.9 Å². The van der Waals surface area contributed by atoms with Crippen LogP contribution < -0.4 is 16.0 Å². The zero-order valence-electron chi connectivity index (χ0n) is 12.4. The van der Waals surface area contributed by atoms with Gasteiger partial charge in [-0.15, -0.1) is 0 Å². The minimum absolute atomic E-state index is 0.0447. The maximum atomic E-state index is 12.0. The molecule has 0 saturated heterocycles. The number of carbonyl (C=O) groups excluding carboxylic acids is 2. The third-order valence-electron chi connectivity index (χ3n) is 2.89. The van der Waals surface area contributed by atoms with Gasteiger partial charge in [-0.2, -0.15) is 0 Å². The molecule has 3 N–H and O–H groups in total. The van der Waals surface area contributed by atoms with Crippen LogP contribution in [0, 0.1) is 0 Å². The molecule has 0 atom stereocenters. The smallest absolute Gasteiger partial charge is 0.253 e. The first-order valence-corrected chi connectivity index (χ1v) is 6.45. The largest absolute Gasteiger partial charge is 0.399 e. The van der Waals surface area contributed by atoms with Crippen LogP contribution in [0.5, 0.6) is 0 Å². The second-order valence-corrected chi connectivity index (χ2v) is 4.78. The number of carbonyl (C=O) groups is 2. The fraction of sp³-hybridized carbons (Fsp3) is 0.429. The molecule has 2 amide bonds. The lowest BCUT2D eigenvalue weighted by Gasteiger charge is -2.23. The van der Waals surface area contributed by atoms with Gasteiger partial charge in [-0.1, -0.05) is 0 Å². The number of anilines is 2. The van der Waals surface area contributed by atoms with E-state index < -0.39 is 0 Å². The van der Waals surface area contributed by atoms with Crippen molar-refractivity contribution in [3.8, 4) is 0 Å². The summed E-state index contributed by atoms with van der Waals surface area (Å²) >= 11 is 0. The zero-order valence-corrected chi connectivity index (χ0v) is 12.4. The highest BCUT2D eigenvalue weighted by molar-refractivity contribution is 6.01. The summed E-state index contributed by atoms with van der Waals surface area (Å²) < 4.78 is 0. The van der Waals surface area contributed by atoms with Crippen molar-refractivity contribution in [2.45, 2.75) is 6.92 Å². The van der Waals surface area contributed by atoms with Gasteiger partial charge >= 0.3 is 0 Å². The summed E-state index contributed by atoms with van der Waals surface area (Å²) in [6.45, 7) is 2.58. The Hall–Kier alpha value is -2.24. The van der Waals surface area contributed by atoms with Gasteiger partial charge < -0.3 is 20.9 Å². The summed E-state index contributed by atoms with van der Waals surface area (Å²) in [5.41, 5.74) is 7.48. The van der Waals surface area contributed by atoms with Gasteiger partial charge in [0.1, 0.15) is 0 Å². The first-order valence-electron chi connectivity index (χ1n) is 6.45. The predicted octanol–water partition coefficient (Wildman–Crippen LogP) is 0.543. The quantitative estimate of drug-likeness (QED) is 0.771. The van der Waals surface area contributed by atoms with E-state index in [0.29, 0.717) is 23.5 Å². The molecule has 0 radical (unpaired) electrons. The van der Waals surface area contributed by atoms with Crippen LogP contribution in [0.25, 0.3) is 0 Å². The van der Waals surface area contributed by atoms with Crippen LogP contribution >= 0.6 is 0 Å². The summed E-state index contributed by atoms with van der Waals surface area (Å²) in [7, 11) is 5.15. The third kappa shape index (κ3) is 3.88.